The molecular weight excluding hydrogens is 887 g/mol. The quantitative estimate of drug-likeness (QED) is 0.0320. The van der Waals surface area contributed by atoms with E-state index in [0.717, 1.165) is 83.5 Å². The highest BCUT2D eigenvalue weighted by Gasteiger charge is 2.18. The number of hydrogen-bond acceptors (Lipinski definition) is 5. The van der Waals surface area contributed by atoms with Crippen molar-refractivity contribution < 1.29 is 24.5 Å². The van der Waals surface area contributed by atoms with Gasteiger partial charge in [0.05, 0.1) is 25.4 Å². The van der Waals surface area contributed by atoms with E-state index in [4.69, 9.17) is 4.74 Å². The molecule has 0 aromatic rings. The number of allylic oxidation sites excluding steroid dienone is 3. The van der Waals surface area contributed by atoms with Gasteiger partial charge in [0, 0.05) is 12.8 Å². The Morgan fingerprint density at radius 2 is 0.653 bits per heavy atom. The number of rotatable bonds is 61. The van der Waals surface area contributed by atoms with Gasteiger partial charge in [0.25, 0.3) is 0 Å². The van der Waals surface area contributed by atoms with Gasteiger partial charge in [-0.25, -0.2) is 0 Å². The van der Waals surface area contributed by atoms with Gasteiger partial charge in [-0.05, 0) is 57.8 Å². The van der Waals surface area contributed by atoms with Gasteiger partial charge >= 0.3 is 5.97 Å². The second kappa shape index (κ2) is 61.9. The smallest absolute Gasteiger partial charge is 0.305 e. The molecular formula is C66H127NO5. The highest BCUT2D eigenvalue weighted by molar-refractivity contribution is 5.76. The highest BCUT2D eigenvalue weighted by atomic mass is 16.5. The summed E-state index contributed by atoms with van der Waals surface area (Å²) in [5.74, 6) is -0.120. The minimum Gasteiger partial charge on any atom is -0.466 e. The summed E-state index contributed by atoms with van der Waals surface area (Å²) in [6, 6.07) is -0.650. The van der Waals surface area contributed by atoms with E-state index in [1.54, 1.807) is 6.08 Å². The van der Waals surface area contributed by atoms with Crippen molar-refractivity contribution in [3.05, 3.63) is 24.3 Å². The lowest BCUT2D eigenvalue weighted by molar-refractivity contribution is -0.143. The summed E-state index contributed by atoms with van der Waals surface area (Å²) in [4.78, 5) is 24.6. The second-order valence-corrected chi connectivity index (χ2v) is 22.5. The lowest BCUT2D eigenvalue weighted by Gasteiger charge is -2.20. The van der Waals surface area contributed by atoms with Crippen LogP contribution in [0.3, 0.4) is 0 Å². The first-order valence-electron chi connectivity index (χ1n) is 32.6. The molecule has 6 nitrogen and oxygen atoms in total. The maximum Gasteiger partial charge on any atom is 0.305 e. The molecule has 0 saturated carbocycles. The third kappa shape index (κ3) is 57.6. The van der Waals surface area contributed by atoms with Crippen molar-refractivity contribution >= 4 is 11.9 Å². The molecule has 0 spiro atoms. The number of ether oxygens (including phenoxy) is 1. The summed E-state index contributed by atoms with van der Waals surface area (Å²) < 4.78 is 5.47. The molecule has 2 unspecified atom stereocenters. The van der Waals surface area contributed by atoms with Crippen LogP contribution in [0, 0.1) is 0 Å². The molecule has 2 atom stereocenters. The van der Waals surface area contributed by atoms with Gasteiger partial charge in [-0.1, -0.05) is 314 Å². The fourth-order valence-corrected chi connectivity index (χ4v) is 10.2. The average molecular weight is 1010 g/mol. The Kier molecular flexibility index (Phi) is 60.5. The summed E-state index contributed by atoms with van der Waals surface area (Å²) in [5.41, 5.74) is 0. The molecule has 0 radical (unpaired) electrons. The molecule has 0 aromatic carbocycles. The lowest BCUT2D eigenvalue weighted by Crippen LogP contribution is -2.45. The zero-order valence-corrected chi connectivity index (χ0v) is 48.7. The first kappa shape index (κ1) is 70.3. The molecule has 0 saturated heterocycles. The minimum atomic E-state index is -0.864. The molecule has 0 bridgehead atoms. The summed E-state index contributed by atoms with van der Waals surface area (Å²) >= 11 is 0. The summed E-state index contributed by atoms with van der Waals surface area (Å²) in [5, 5.41) is 23.2. The van der Waals surface area contributed by atoms with Gasteiger partial charge in [0.15, 0.2) is 0 Å². The Bertz CT molecular complexity index is 1120. The Labute approximate surface area is 450 Å². The van der Waals surface area contributed by atoms with Crippen LogP contribution >= 0.6 is 0 Å². The first-order valence-corrected chi connectivity index (χ1v) is 32.6. The van der Waals surface area contributed by atoms with Gasteiger partial charge in [-0.3, -0.25) is 9.59 Å². The summed E-state index contributed by atoms with van der Waals surface area (Å²) in [6.45, 7) is 4.86. The van der Waals surface area contributed by atoms with Crippen molar-refractivity contribution in [3.63, 3.8) is 0 Å². The largest absolute Gasteiger partial charge is 0.466 e. The zero-order chi connectivity index (χ0) is 52.2. The van der Waals surface area contributed by atoms with Gasteiger partial charge in [0.1, 0.15) is 0 Å². The van der Waals surface area contributed by atoms with Crippen molar-refractivity contribution in [2.75, 3.05) is 13.2 Å². The van der Waals surface area contributed by atoms with Crippen molar-refractivity contribution in [2.24, 2.45) is 0 Å². The summed E-state index contributed by atoms with van der Waals surface area (Å²) in [7, 11) is 0. The normalized spacial score (nSPS) is 12.7. The van der Waals surface area contributed by atoms with Crippen LogP contribution in [-0.4, -0.2) is 47.4 Å². The van der Waals surface area contributed by atoms with Gasteiger partial charge in [-0.15, -0.1) is 0 Å². The first-order chi connectivity index (χ1) is 35.5. The monoisotopic (exact) mass is 1010 g/mol. The SMILES string of the molecule is CCCCCCCCCCCCCCCCCCCCCCCCC/C=C/C(O)C(CO)NC(=O)CCCCCCC/C=C\CCCCOC(=O)CCCCCCCCCCCCCCCCCCCCC. The van der Waals surface area contributed by atoms with E-state index < -0.39 is 12.1 Å². The van der Waals surface area contributed by atoms with Gasteiger partial charge in [-0.2, -0.15) is 0 Å². The van der Waals surface area contributed by atoms with Crippen LogP contribution in [0.4, 0.5) is 0 Å². The minimum absolute atomic E-state index is 0.0271. The number of hydrogen-bond donors (Lipinski definition) is 3. The Balaban J connectivity index is 3.49. The number of carbonyl (C=O) groups is 2. The number of aliphatic hydroxyl groups excluding tert-OH is 2. The number of nitrogens with one attached hydrogen (secondary N) is 1. The highest BCUT2D eigenvalue weighted by Crippen LogP contribution is 2.18. The molecule has 0 aliphatic rings. The number of esters is 1. The predicted octanol–water partition coefficient (Wildman–Crippen LogP) is 20.6. The van der Waals surface area contributed by atoms with Crippen LogP contribution in [0.2, 0.25) is 0 Å². The molecule has 0 heterocycles. The van der Waals surface area contributed by atoms with Crippen molar-refractivity contribution in [1.29, 1.82) is 0 Å². The average Bonchev–Trinajstić information content (AvgIpc) is 3.38. The van der Waals surface area contributed by atoms with Crippen LogP contribution in [-0.2, 0) is 14.3 Å². The second-order valence-electron chi connectivity index (χ2n) is 22.5. The van der Waals surface area contributed by atoms with Gasteiger partial charge in [0.2, 0.25) is 5.91 Å². The van der Waals surface area contributed by atoms with Gasteiger partial charge < -0.3 is 20.3 Å². The maximum absolute atomic E-state index is 12.5. The van der Waals surface area contributed by atoms with Crippen LogP contribution < -0.4 is 5.32 Å². The van der Waals surface area contributed by atoms with E-state index >= 15 is 0 Å². The third-order valence-electron chi connectivity index (χ3n) is 15.2. The van der Waals surface area contributed by atoms with E-state index in [2.05, 4.69) is 31.3 Å². The molecule has 0 rings (SSSR count). The molecule has 1 amide bonds. The molecule has 0 aromatic heterocycles. The zero-order valence-electron chi connectivity index (χ0n) is 48.7. The maximum atomic E-state index is 12.5. The molecule has 0 aliphatic heterocycles. The van der Waals surface area contributed by atoms with Crippen LogP contribution in [0.25, 0.3) is 0 Å². The standard InChI is InChI=1S/C66H127NO5/c1-3-5-7-9-11-13-15-17-19-21-23-24-25-26-27-28-30-31-33-35-38-42-46-50-54-58-64(69)63(62-68)67-65(70)59-55-51-47-43-39-37-41-45-49-53-57-61-72-66(71)60-56-52-48-44-40-36-34-32-29-22-20-18-16-14-12-10-8-6-4-2/h41,45,54,58,63-64,68-69H,3-40,42-44,46-53,55-57,59-62H2,1-2H3,(H,67,70)/b45-41-,58-54+. The number of unbranched alkanes of at least 4 members (excludes halogenated alkanes) is 48. The van der Waals surface area contributed by atoms with Crippen molar-refractivity contribution in [3.8, 4) is 0 Å². The van der Waals surface area contributed by atoms with Crippen LogP contribution in [0.5, 0.6) is 0 Å². The van der Waals surface area contributed by atoms with E-state index in [9.17, 15) is 19.8 Å². The fraction of sp³-hybridized carbons (Fsp3) is 0.909. The molecule has 3 N–H and O–H groups in total. The Hall–Kier alpha value is -1.66. The van der Waals surface area contributed by atoms with Crippen molar-refractivity contribution in [1.82, 2.24) is 5.32 Å². The number of aliphatic hydroxyl groups is 2. The van der Waals surface area contributed by atoms with E-state index in [0.29, 0.717) is 19.4 Å². The number of amides is 1. The van der Waals surface area contributed by atoms with Crippen LogP contribution in [0.15, 0.2) is 24.3 Å². The summed E-state index contributed by atoms with van der Waals surface area (Å²) in [6.07, 6.45) is 76.6. The van der Waals surface area contributed by atoms with E-state index in [-0.39, 0.29) is 18.5 Å². The topological polar surface area (TPSA) is 95.9 Å². The fourth-order valence-electron chi connectivity index (χ4n) is 10.2. The van der Waals surface area contributed by atoms with Crippen molar-refractivity contribution in [2.45, 2.75) is 373 Å². The molecule has 0 fully saturated rings. The molecule has 0 aliphatic carbocycles. The Morgan fingerprint density at radius 1 is 0.375 bits per heavy atom. The number of carbonyl (C=O) groups excluding carboxylic acids is 2. The lowest BCUT2D eigenvalue weighted by atomic mass is 10.0. The predicted molar refractivity (Wildman–Crippen MR) is 315 cm³/mol. The van der Waals surface area contributed by atoms with Crippen LogP contribution in [0.1, 0.15) is 361 Å². The Morgan fingerprint density at radius 3 is 0.986 bits per heavy atom. The molecule has 72 heavy (non-hydrogen) atoms. The molecule has 6 heteroatoms. The molecule has 426 valence electrons. The third-order valence-corrected chi connectivity index (χ3v) is 15.2. The van der Waals surface area contributed by atoms with E-state index in [1.807, 2.05) is 6.08 Å². The van der Waals surface area contributed by atoms with E-state index in [1.165, 1.54) is 250 Å².